The minimum atomic E-state index is -0.226. The number of nitrogens with zero attached hydrogens (tertiary/aromatic N) is 2. The Morgan fingerprint density at radius 2 is 1.79 bits per heavy atom. The van der Waals surface area contributed by atoms with Gasteiger partial charge in [-0.15, -0.1) is 0 Å². The summed E-state index contributed by atoms with van der Waals surface area (Å²) in [4.78, 5) is 6.71. The molecule has 1 fully saturated rings. The van der Waals surface area contributed by atoms with Crippen LogP contribution in [-0.4, -0.2) is 51.3 Å². The molecule has 0 amide bonds. The predicted molar refractivity (Wildman–Crippen MR) is 113 cm³/mol. The summed E-state index contributed by atoms with van der Waals surface area (Å²) in [6.07, 6.45) is 1.04. The van der Waals surface area contributed by atoms with E-state index < -0.39 is 0 Å². The van der Waals surface area contributed by atoms with Crippen LogP contribution in [0.1, 0.15) is 17.5 Å². The number of likely N-dealkylation sites (tertiary alicyclic amines) is 1. The second-order valence-corrected chi connectivity index (χ2v) is 7.14. The monoisotopic (exact) mass is 400 g/mol. The summed E-state index contributed by atoms with van der Waals surface area (Å²) in [5, 5.41) is 6.77. The number of nitrogens with one attached hydrogen (secondary N) is 2. The summed E-state index contributed by atoms with van der Waals surface area (Å²) < 4.78 is 23.8. The summed E-state index contributed by atoms with van der Waals surface area (Å²) in [6.45, 7) is 3.37. The third-order valence-corrected chi connectivity index (χ3v) is 5.03. The van der Waals surface area contributed by atoms with Gasteiger partial charge in [-0.2, -0.15) is 0 Å². The van der Waals surface area contributed by atoms with Crippen molar-refractivity contribution in [1.29, 1.82) is 0 Å². The number of hydrogen-bond donors (Lipinski definition) is 2. The van der Waals surface area contributed by atoms with E-state index in [0.717, 1.165) is 49.1 Å². The van der Waals surface area contributed by atoms with Crippen molar-refractivity contribution in [3.8, 4) is 11.5 Å². The van der Waals surface area contributed by atoms with Gasteiger partial charge in [0.2, 0.25) is 0 Å². The van der Waals surface area contributed by atoms with Crippen molar-refractivity contribution >= 4 is 5.96 Å². The van der Waals surface area contributed by atoms with E-state index >= 15 is 0 Å². The average molecular weight is 400 g/mol. The fourth-order valence-corrected chi connectivity index (χ4v) is 3.49. The van der Waals surface area contributed by atoms with Crippen molar-refractivity contribution in [2.45, 2.75) is 25.6 Å². The lowest BCUT2D eigenvalue weighted by atomic mass is 10.2. The lowest BCUT2D eigenvalue weighted by Crippen LogP contribution is -2.44. The molecular weight excluding hydrogens is 371 g/mol. The zero-order valence-corrected chi connectivity index (χ0v) is 17.2. The third kappa shape index (κ3) is 6.09. The highest BCUT2D eigenvalue weighted by Crippen LogP contribution is 2.24. The highest BCUT2D eigenvalue weighted by atomic mass is 19.1. The second-order valence-electron chi connectivity index (χ2n) is 7.14. The summed E-state index contributed by atoms with van der Waals surface area (Å²) in [7, 11) is 5.09. The molecular formula is C22H29FN4O2. The number of ether oxygens (including phenoxy) is 2. The zero-order chi connectivity index (χ0) is 20.6. The van der Waals surface area contributed by atoms with Crippen LogP contribution in [0.4, 0.5) is 4.39 Å². The molecule has 1 heterocycles. The van der Waals surface area contributed by atoms with E-state index in [-0.39, 0.29) is 5.82 Å². The molecule has 0 spiro atoms. The molecule has 1 aliphatic rings. The molecule has 0 aromatic heterocycles. The van der Waals surface area contributed by atoms with Crippen molar-refractivity contribution in [3.05, 3.63) is 59.4 Å². The van der Waals surface area contributed by atoms with Crippen LogP contribution < -0.4 is 20.1 Å². The van der Waals surface area contributed by atoms with Crippen LogP contribution in [0.2, 0.25) is 0 Å². The van der Waals surface area contributed by atoms with E-state index in [0.29, 0.717) is 12.6 Å². The SMILES string of the molecule is CN=C(NCc1ccc(F)cc1)NC1CCN(Cc2cc(OC)cc(OC)c2)C1. The maximum absolute atomic E-state index is 13.0. The smallest absolute Gasteiger partial charge is 0.191 e. The first-order valence-electron chi connectivity index (χ1n) is 9.75. The molecule has 1 atom stereocenters. The van der Waals surface area contributed by atoms with Gasteiger partial charge in [-0.05, 0) is 41.8 Å². The van der Waals surface area contributed by atoms with Crippen LogP contribution >= 0.6 is 0 Å². The van der Waals surface area contributed by atoms with Crippen LogP contribution in [0.3, 0.4) is 0 Å². The van der Waals surface area contributed by atoms with E-state index in [1.54, 1.807) is 33.4 Å². The fourth-order valence-electron chi connectivity index (χ4n) is 3.49. The molecule has 2 aromatic rings. The largest absolute Gasteiger partial charge is 0.497 e. The van der Waals surface area contributed by atoms with E-state index in [1.165, 1.54) is 17.7 Å². The van der Waals surface area contributed by atoms with Gasteiger partial charge in [-0.25, -0.2) is 4.39 Å². The Morgan fingerprint density at radius 3 is 2.41 bits per heavy atom. The Bertz CT molecular complexity index is 804. The molecule has 0 radical (unpaired) electrons. The number of hydrogen-bond acceptors (Lipinski definition) is 4. The molecule has 0 aliphatic carbocycles. The van der Waals surface area contributed by atoms with Gasteiger partial charge in [0, 0.05) is 45.3 Å². The van der Waals surface area contributed by atoms with Gasteiger partial charge in [-0.1, -0.05) is 12.1 Å². The van der Waals surface area contributed by atoms with Crippen molar-refractivity contribution in [1.82, 2.24) is 15.5 Å². The molecule has 1 saturated heterocycles. The van der Waals surface area contributed by atoms with Gasteiger partial charge in [0.05, 0.1) is 14.2 Å². The normalized spacial score (nSPS) is 17.2. The first-order valence-corrected chi connectivity index (χ1v) is 9.75. The molecule has 156 valence electrons. The van der Waals surface area contributed by atoms with Gasteiger partial charge in [0.15, 0.2) is 5.96 Å². The zero-order valence-electron chi connectivity index (χ0n) is 17.2. The molecule has 3 rings (SSSR count). The number of benzene rings is 2. The molecule has 29 heavy (non-hydrogen) atoms. The summed E-state index contributed by atoms with van der Waals surface area (Å²) in [5.74, 6) is 2.14. The highest BCUT2D eigenvalue weighted by molar-refractivity contribution is 5.80. The first kappa shape index (κ1) is 20.9. The molecule has 6 nitrogen and oxygen atoms in total. The molecule has 0 saturated carbocycles. The van der Waals surface area contributed by atoms with Gasteiger partial charge in [-0.3, -0.25) is 9.89 Å². The molecule has 2 aromatic carbocycles. The van der Waals surface area contributed by atoms with Crippen LogP contribution in [0.25, 0.3) is 0 Å². The third-order valence-electron chi connectivity index (χ3n) is 5.03. The Labute approximate surface area is 171 Å². The maximum Gasteiger partial charge on any atom is 0.191 e. The van der Waals surface area contributed by atoms with Crippen LogP contribution in [0.15, 0.2) is 47.5 Å². The minimum Gasteiger partial charge on any atom is -0.497 e. The van der Waals surface area contributed by atoms with Gasteiger partial charge >= 0.3 is 0 Å². The number of aliphatic imine (C=N–C) groups is 1. The minimum absolute atomic E-state index is 0.226. The molecule has 0 bridgehead atoms. The fraction of sp³-hybridized carbons (Fsp3) is 0.409. The quantitative estimate of drug-likeness (QED) is 0.553. The topological polar surface area (TPSA) is 58.1 Å². The van der Waals surface area contributed by atoms with Crippen LogP contribution in [0, 0.1) is 5.82 Å². The van der Waals surface area contributed by atoms with Crippen molar-refractivity contribution in [2.24, 2.45) is 4.99 Å². The lowest BCUT2D eigenvalue weighted by molar-refractivity contribution is 0.321. The number of halogens is 1. The predicted octanol–water partition coefficient (Wildman–Crippen LogP) is 2.78. The van der Waals surface area contributed by atoms with Crippen molar-refractivity contribution < 1.29 is 13.9 Å². The Hall–Kier alpha value is -2.80. The van der Waals surface area contributed by atoms with E-state index in [9.17, 15) is 4.39 Å². The standard InChI is InChI=1S/C22H29FN4O2/c1-24-22(25-13-16-4-6-18(23)7-5-16)26-19-8-9-27(15-19)14-17-10-20(28-2)12-21(11-17)29-3/h4-7,10-12,19H,8-9,13-15H2,1-3H3,(H2,24,25,26). The van der Waals surface area contributed by atoms with Crippen LogP contribution in [-0.2, 0) is 13.1 Å². The molecule has 1 unspecified atom stereocenters. The average Bonchev–Trinajstić information content (AvgIpc) is 3.18. The van der Waals surface area contributed by atoms with E-state index in [1.807, 2.05) is 18.2 Å². The lowest BCUT2D eigenvalue weighted by Gasteiger charge is -2.19. The Kier molecular flexibility index (Phi) is 7.30. The van der Waals surface area contributed by atoms with Crippen molar-refractivity contribution in [3.63, 3.8) is 0 Å². The number of rotatable bonds is 7. The first-order chi connectivity index (χ1) is 14.1. The molecule has 7 heteroatoms. The number of methoxy groups -OCH3 is 2. The molecule has 1 aliphatic heterocycles. The van der Waals surface area contributed by atoms with Crippen molar-refractivity contribution in [2.75, 3.05) is 34.4 Å². The van der Waals surface area contributed by atoms with E-state index in [2.05, 4.69) is 20.5 Å². The second kappa shape index (κ2) is 10.1. The number of guanidine groups is 1. The maximum atomic E-state index is 13.0. The van der Waals surface area contributed by atoms with E-state index in [4.69, 9.17) is 9.47 Å². The van der Waals surface area contributed by atoms with Gasteiger partial charge in [0.25, 0.3) is 0 Å². The summed E-state index contributed by atoms with van der Waals surface area (Å²) in [5.41, 5.74) is 2.18. The Morgan fingerprint density at radius 1 is 1.10 bits per heavy atom. The summed E-state index contributed by atoms with van der Waals surface area (Å²) in [6, 6.07) is 12.8. The van der Waals surface area contributed by atoms with Gasteiger partial charge in [0.1, 0.15) is 17.3 Å². The van der Waals surface area contributed by atoms with Gasteiger partial charge < -0.3 is 20.1 Å². The summed E-state index contributed by atoms with van der Waals surface area (Å²) >= 11 is 0. The Balaban J connectivity index is 1.50. The highest BCUT2D eigenvalue weighted by Gasteiger charge is 2.23. The van der Waals surface area contributed by atoms with Crippen LogP contribution in [0.5, 0.6) is 11.5 Å². The molecule has 2 N–H and O–H groups in total.